The van der Waals surface area contributed by atoms with Crippen molar-refractivity contribution in [3.8, 4) is 0 Å². The van der Waals surface area contributed by atoms with E-state index in [0.717, 1.165) is 58.3 Å². The summed E-state index contributed by atoms with van der Waals surface area (Å²) in [6.45, 7) is 9.70. The van der Waals surface area contributed by atoms with E-state index >= 15 is 0 Å². The van der Waals surface area contributed by atoms with Crippen molar-refractivity contribution in [3.63, 3.8) is 0 Å². The van der Waals surface area contributed by atoms with Gasteiger partial charge in [-0.3, -0.25) is 0 Å². The molecule has 11 atom stereocenters. The SMILES string of the molecule is CC[C@H]1C(O)C2C3CC[C@H]([C@H](C)C(C)(F)F)[C@@]3(C)CCC2[C@@]2(C)CC[C@@H](O)C[C@@H]12. The van der Waals surface area contributed by atoms with Gasteiger partial charge in [-0.1, -0.05) is 34.1 Å². The molecule has 0 amide bonds. The van der Waals surface area contributed by atoms with Gasteiger partial charge >= 0.3 is 0 Å². The van der Waals surface area contributed by atoms with Gasteiger partial charge in [-0.15, -0.1) is 0 Å². The Morgan fingerprint density at radius 1 is 0.966 bits per heavy atom. The third-order valence-electron chi connectivity index (χ3n) is 10.9. The van der Waals surface area contributed by atoms with Gasteiger partial charge in [-0.25, -0.2) is 8.78 Å². The molecule has 168 valence electrons. The third-order valence-corrected chi connectivity index (χ3v) is 10.9. The lowest BCUT2D eigenvalue weighted by molar-refractivity contribution is -0.206. The molecule has 0 aromatic rings. The fourth-order valence-corrected chi connectivity index (χ4v) is 9.17. The highest BCUT2D eigenvalue weighted by atomic mass is 19.3. The standard InChI is InChI=1S/C25H42F2O2/c1-6-16-20-13-15(28)9-11-24(20,4)19-10-12-23(3)17(14(2)25(5,26)27)7-8-18(23)21(19)22(16)29/h14-22,28-29H,6-13H2,1-5H3/t14-,15+,16+,17+,18?,19?,20-,21?,22?,23+,24+/m0/s1. The summed E-state index contributed by atoms with van der Waals surface area (Å²) in [6, 6.07) is 0. The van der Waals surface area contributed by atoms with Crippen molar-refractivity contribution in [2.45, 2.75) is 104 Å². The van der Waals surface area contributed by atoms with Crippen molar-refractivity contribution in [1.82, 2.24) is 0 Å². The highest BCUT2D eigenvalue weighted by Crippen LogP contribution is 2.69. The Kier molecular flexibility index (Phi) is 5.42. The van der Waals surface area contributed by atoms with Gasteiger partial charge in [0.05, 0.1) is 12.2 Å². The van der Waals surface area contributed by atoms with Gasteiger partial charge in [0.25, 0.3) is 0 Å². The summed E-state index contributed by atoms with van der Waals surface area (Å²) in [6.07, 6.45) is 7.00. The number of aliphatic hydroxyl groups excluding tert-OH is 2. The summed E-state index contributed by atoms with van der Waals surface area (Å²) in [5.41, 5.74) is 0.0835. The molecule has 0 aromatic heterocycles. The quantitative estimate of drug-likeness (QED) is 0.605. The minimum atomic E-state index is -2.65. The number of halogens is 2. The molecule has 4 saturated carbocycles. The highest BCUT2D eigenvalue weighted by Gasteiger charge is 2.65. The fraction of sp³-hybridized carbons (Fsp3) is 1.00. The molecule has 4 unspecified atom stereocenters. The maximum Gasteiger partial charge on any atom is 0.248 e. The van der Waals surface area contributed by atoms with Crippen LogP contribution in [0, 0.1) is 52.3 Å². The van der Waals surface area contributed by atoms with E-state index in [1.54, 1.807) is 6.92 Å². The molecule has 4 aliphatic carbocycles. The van der Waals surface area contributed by atoms with E-state index in [0.29, 0.717) is 17.8 Å². The lowest BCUT2D eigenvalue weighted by Crippen LogP contribution is -2.62. The van der Waals surface area contributed by atoms with Crippen molar-refractivity contribution in [2.24, 2.45) is 52.3 Å². The van der Waals surface area contributed by atoms with Crippen molar-refractivity contribution in [3.05, 3.63) is 0 Å². The number of aliphatic hydroxyl groups is 2. The zero-order valence-corrected chi connectivity index (χ0v) is 19.0. The van der Waals surface area contributed by atoms with Gasteiger partial charge in [0.2, 0.25) is 5.92 Å². The van der Waals surface area contributed by atoms with Crippen LogP contribution in [-0.2, 0) is 0 Å². The number of fused-ring (bicyclic) bond motifs is 5. The molecule has 4 heteroatoms. The maximum atomic E-state index is 14.3. The van der Waals surface area contributed by atoms with Gasteiger partial charge in [0.15, 0.2) is 0 Å². The average molecular weight is 413 g/mol. The monoisotopic (exact) mass is 412 g/mol. The molecule has 29 heavy (non-hydrogen) atoms. The number of rotatable bonds is 3. The topological polar surface area (TPSA) is 40.5 Å². The zero-order chi connectivity index (χ0) is 21.4. The molecule has 4 aliphatic rings. The average Bonchev–Trinajstić information content (AvgIpc) is 2.99. The Balaban J connectivity index is 1.68. The molecular weight excluding hydrogens is 370 g/mol. The molecule has 0 spiro atoms. The van der Waals surface area contributed by atoms with E-state index in [4.69, 9.17) is 0 Å². The van der Waals surface area contributed by atoms with Gasteiger partial charge in [0.1, 0.15) is 0 Å². The molecular formula is C25H42F2O2. The largest absolute Gasteiger partial charge is 0.393 e. The van der Waals surface area contributed by atoms with Crippen molar-refractivity contribution < 1.29 is 19.0 Å². The van der Waals surface area contributed by atoms with Crippen LogP contribution in [0.5, 0.6) is 0 Å². The normalized spacial score (nSPS) is 53.7. The maximum absolute atomic E-state index is 14.3. The molecule has 0 aliphatic heterocycles. The Labute approximate surface area is 175 Å². The number of alkyl halides is 2. The summed E-state index contributed by atoms with van der Waals surface area (Å²) in [7, 11) is 0. The van der Waals surface area contributed by atoms with E-state index in [-0.39, 0.29) is 40.8 Å². The first-order valence-electron chi connectivity index (χ1n) is 12.2. The smallest absolute Gasteiger partial charge is 0.248 e. The van der Waals surface area contributed by atoms with Crippen molar-refractivity contribution in [1.29, 1.82) is 0 Å². The number of hydrogen-bond acceptors (Lipinski definition) is 2. The van der Waals surface area contributed by atoms with Crippen LogP contribution in [0.15, 0.2) is 0 Å². The lowest BCUT2D eigenvalue weighted by atomic mass is 9.41. The van der Waals surface area contributed by atoms with Crippen LogP contribution >= 0.6 is 0 Å². The molecule has 0 bridgehead atoms. The van der Waals surface area contributed by atoms with Crippen LogP contribution in [0.1, 0.15) is 86.0 Å². The van der Waals surface area contributed by atoms with E-state index < -0.39 is 11.8 Å². The van der Waals surface area contributed by atoms with Gasteiger partial charge in [0, 0.05) is 5.92 Å². The number of hydrogen-bond donors (Lipinski definition) is 2. The molecule has 2 N–H and O–H groups in total. The van der Waals surface area contributed by atoms with Crippen LogP contribution in [0.3, 0.4) is 0 Å². The zero-order valence-electron chi connectivity index (χ0n) is 19.0. The Hall–Kier alpha value is -0.220. The first-order chi connectivity index (χ1) is 13.4. The minimum absolute atomic E-state index is 0.0411. The lowest BCUT2D eigenvalue weighted by Gasteiger charge is -2.64. The van der Waals surface area contributed by atoms with Crippen LogP contribution < -0.4 is 0 Å². The molecule has 4 fully saturated rings. The second-order valence-corrected chi connectivity index (χ2v) is 11.9. The first-order valence-corrected chi connectivity index (χ1v) is 12.2. The van der Waals surface area contributed by atoms with Crippen LogP contribution in [0.2, 0.25) is 0 Å². The van der Waals surface area contributed by atoms with E-state index in [9.17, 15) is 19.0 Å². The van der Waals surface area contributed by atoms with Crippen LogP contribution in [-0.4, -0.2) is 28.3 Å². The minimum Gasteiger partial charge on any atom is -0.393 e. The van der Waals surface area contributed by atoms with Crippen molar-refractivity contribution >= 4 is 0 Å². The summed E-state index contributed by atoms with van der Waals surface area (Å²) in [5, 5.41) is 22.0. The van der Waals surface area contributed by atoms with Crippen LogP contribution in [0.4, 0.5) is 8.78 Å². The summed E-state index contributed by atoms with van der Waals surface area (Å²) < 4.78 is 28.5. The van der Waals surface area contributed by atoms with Gasteiger partial charge in [-0.05, 0) is 98.2 Å². The fourth-order valence-electron chi connectivity index (χ4n) is 9.17. The molecule has 2 nitrogen and oxygen atoms in total. The predicted molar refractivity (Wildman–Crippen MR) is 112 cm³/mol. The van der Waals surface area contributed by atoms with Gasteiger partial charge < -0.3 is 10.2 Å². The third kappa shape index (κ3) is 3.13. The Morgan fingerprint density at radius 3 is 2.21 bits per heavy atom. The molecule has 0 saturated heterocycles. The second-order valence-electron chi connectivity index (χ2n) is 11.9. The summed E-state index contributed by atoms with van der Waals surface area (Å²) in [5.74, 6) is -1.55. The van der Waals surface area contributed by atoms with Gasteiger partial charge in [-0.2, -0.15) is 0 Å². The Morgan fingerprint density at radius 2 is 1.59 bits per heavy atom. The van der Waals surface area contributed by atoms with Crippen molar-refractivity contribution in [2.75, 3.05) is 0 Å². The first kappa shape index (κ1) is 22.0. The highest BCUT2D eigenvalue weighted by molar-refractivity contribution is 5.13. The molecule has 0 heterocycles. The van der Waals surface area contributed by atoms with E-state index in [1.165, 1.54) is 0 Å². The summed E-state index contributed by atoms with van der Waals surface area (Å²) >= 11 is 0. The van der Waals surface area contributed by atoms with E-state index in [2.05, 4.69) is 20.8 Å². The van der Waals surface area contributed by atoms with Crippen LogP contribution in [0.25, 0.3) is 0 Å². The predicted octanol–water partition coefficient (Wildman–Crippen LogP) is 5.90. The Bertz CT molecular complexity index is 618. The summed E-state index contributed by atoms with van der Waals surface area (Å²) in [4.78, 5) is 0. The molecule has 0 aromatic carbocycles. The molecule has 4 rings (SSSR count). The second kappa shape index (κ2) is 7.15. The molecule has 0 radical (unpaired) electrons. The van der Waals surface area contributed by atoms with E-state index in [1.807, 2.05) is 0 Å².